The number of non-ortho nitro benzene ring substituents is 1. The fraction of sp³-hybridized carbons (Fsp3) is 0.0476. The van der Waals surface area contributed by atoms with Crippen molar-refractivity contribution in [1.82, 2.24) is 4.98 Å². The number of benzene rings is 3. The SMILES string of the molecule is COc1ccc(NS(=O)(=O)c2ccc(N=Nc3c(O)[nH]c4ccc([N+](=O)[O-])cc34)c([N+](=O)[O-])c2)cc1. The van der Waals surface area contributed by atoms with Gasteiger partial charge < -0.3 is 14.8 Å². The zero-order chi connectivity index (χ0) is 26.0. The molecule has 0 spiro atoms. The predicted octanol–water partition coefficient (Wildman–Crippen LogP) is 4.91. The molecular weight excluding hydrogens is 496 g/mol. The molecule has 3 N–H and O–H groups in total. The zero-order valence-electron chi connectivity index (χ0n) is 18.3. The van der Waals surface area contributed by atoms with Crippen molar-refractivity contribution in [2.45, 2.75) is 4.90 Å². The third-order valence-corrected chi connectivity index (χ3v) is 6.38. The molecule has 0 atom stereocenters. The third kappa shape index (κ3) is 4.76. The van der Waals surface area contributed by atoms with Crippen molar-refractivity contribution in [2.75, 3.05) is 11.8 Å². The van der Waals surface area contributed by atoms with Crippen LogP contribution in [0.5, 0.6) is 11.6 Å². The van der Waals surface area contributed by atoms with E-state index in [9.17, 15) is 33.8 Å². The first-order chi connectivity index (χ1) is 17.1. The molecule has 0 saturated carbocycles. The van der Waals surface area contributed by atoms with Gasteiger partial charge in [0.15, 0.2) is 11.4 Å². The smallest absolute Gasteiger partial charge is 0.298 e. The second-order valence-electron chi connectivity index (χ2n) is 7.25. The summed E-state index contributed by atoms with van der Waals surface area (Å²) in [6, 6.07) is 12.8. The second kappa shape index (κ2) is 9.30. The molecule has 14 nitrogen and oxygen atoms in total. The number of azo groups is 1. The highest BCUT2D eigenvalue weighted by Gasteiger charge is 2.22. The number of sulfonamides is 1. The number of nitro groups is 2. The van der Waals surface area contributed by atoms with Gasteiger partial charge in [0, 0.05) is 29.3 Å². The standard InChI is InChI=1S/C21H16N6O8S/c1-35-14-5-2-12(3-6-14)25-36(33,34)15-7-9-18(19(11-15)27(31)32)23-24-20-16-10-13(26(29)30)4-8-17(16)22-21(20)28/h2-11,22,25,28H,1H3. The summed E-state index contributed by atoms with van der Waals surface area (Å²) in [4.78, 5) is 23.4. The van der Waals surface area contributed by atoms with E-state index in [1.54, 1.807) is 12.1 Å². The predicted molar refractivity (Wildman–Crippen MR) is 128 cm³/mol. The van der Waals surface area contributed by atoms with Crippen molar-refractivity contribution in [3.05, 3.63) is 80.9 Å². The number of nitrogens with zero attached hydrogens (tertiary/aromatic N) is 4. The van der Waals surface area contributed by atoms with Crippen LogP contribution in [-0.4, -0.2) is 35.5 Å². The van der Waals surface area contributed by atoms with Gasteiger partial charge in [-0.2, -0.15) is 0 Å². The summed E-state index contributed by atoms with van der Waals surface area (Å²) in [5, 5.41) is 40.6. The number of aromatic nitrogens is 1. The lowest BCUT2D eigenvalue weighted by atomic mass is 10.2. The average Bonchev–Trinajstić information content (AvgIpc) is 3.16. The van der Waals surface area contributed by atoms with Gasteiger partial charge in [-0.25, -0.2) is 8.42 Å². The summed E-state index contributed by atoms with van der Waals surface area (Å²) in [5.74, 6) is 0.0546. The van der Waals surface area contributed by atoms with E-state index >= 15 is 0 Å². The molecule has 0 radical (unpaired) electrons. The Morgan fingerprint density at radius 3 is 2.33 bits per heavy atom. The lowest BCUT2D eigenvalue weighted by Gasteiger charge is -2.09. The summed E-state index contributed by atoms with van der Waals surface area (Å²) in [6.07, 6.45) is 0. The molecular formula is C21H16N6O8S. The molecule has 0 saturated heterocycles. The van der Waals surface area contributed by atoms with E-state index in [2.05, 4.69) is 19.9 Å². The van der Waals surface area contributed by atoms with Crippen LogP contribution in [0.1, 0.15) is 0 Å². The average molecular weight is 512 g/mol. The fourth-order valence-corrected chi connectivity index (χ4v) is 4.32. The molecule has 0 aliphatic heterocycles. The molecule has 1 heterocycles. The van der Waals surface area contributed by atoms with Gasteiger partial charge >= 0.3 is 0 Å². The van der Waals surface area contributed by atoms with Gasteiger partial charge in [-0.05, 0) is 42.5 Å². The van der Waals surface area contributed by atoms with Crippen molar-refractivity contribution in [3.63, 3.8) is 0 Å². The molecule has 4 aromatic rings. The minimum Gasteiger partial charge on any atom is -0.497 e. The number of nitro benzene ring substituents is 2. The van der Waals surface area contributed by atoms with Gasteiger partial charge in [-0.1, -0.05) is 0 Å². The lowest BCUT2D eigenvalue weighted by molar-refractivity contribution is -0.384. The number of nitrogens with one attached hydrogen (secondary N) is 2. The van der Waals surface area contributed by atoms with E-state index in [1.807, 2.05) is 0 Å². The molecule has 0 unspecified atom stereocenters. The molecule has 0 aliphatic rings. The maximum Gasteiger partial charge on any atom is 0.298 e. The molecule has 36 heavy (non-hydrogen) atoms. The van der Waals surface area contributed by atoms with E-state index in [-0.39, 0.29) is 28.1 Å². The Bertz CT molecular complexity index is 1630. The van der Waals surface area contributed by atoms with Crippen LogP contribution in [0.2, 0.25) is 0 Å². The van der Waals surface area contributed by atoms with Crippen molar-refractivity contribution in [2.24, 2.45) is 10.2 Å². The molecule has 3 aromatic carbocycles. The van der Waals surface area contributed by atoms with Gasteiger partial charge in [-0.3, -0.25) is 25.0 Å². The number of anilines is 1. The normalized spacial score (nSPS) is 11.6. The number of methoxy groups -OCH3 is 1. The maximum absolute atomic E-state index is 12.8. The monoisotopic (exact) mass is 512 g/mol. The van der Waals surface area contributed by atoms with Crippen LogP contribution in [0.25, 0.3) is 10.9 Å². The molecule has 1 aromatic heterocycles. The number of hydrogen-bond acceptors (Lipinski definition) is 10. The number of rotatable bonds is 8. The third-order valence-electron chi connectivity index (χ3n) is 5.00. The van der Waals surface area contributed by atoms with Crippen molar-refractivity contribution < 1.29 is 28.1 Å². The van der Waals surface area contributed by atoms with Crippen LogP contribution in [0.3, 0.4) is 0 Å². The molecule has 15 heteroatoms. The number of aromatic hydroxyl groups is 1. The molecule has 0 bridgehead atoms. The number of ether oxygens (including phenoxy) is 1. The summed E-state index contributed by atoms with van der Waals surface area (Å²) in [6.45, 7) is 0. The highest BCUT2D eigenvalue weighted by atomic mass is 32.2. The Morgan fingerprint density at radius 2 is 1.69 bits per heavy atom. The minimum atomic E-state index is -4.19. The Kier molecular flexibility index (Phi) is 6.22. The Hall–Kier alpha value is -5.05. The van der Waals surface area contributed by atoms with Gasteiger partial charge in [-0.15, -0.1) is 10.2 Å². The van der Waals surface area contributed by atoms with E-state index in [1.165, 1.54) is 31.4 Å². The summed E-state index contributed by atoms with van der Waals surface area (Å²) in [5.41, 5.74) is -0.869. The van der Waals surface area contributed by atoms with Crippen molar-refractivity contribution in [3.8, 4) is 11.6 Å². The van der Waals surface area contributed by atoms with Crippen LogP contribution in [0.15, 0.2) is 75.8 Å². The summed E-state index contributed by atoms with van der Waals surface area (Å²) >= 11 is 0. The quantitative estimate of drug-likeness (QED) is 0.168. The van der Waals surface area contributed by atoms with Crippen LogP contribution in [0.4, 0.5) is 28.4 Å². The van der Waals surface area contributed by atoms with Crippen LogP contribution in [-0.2, 0) is 10.0 Å². The zero-order valence-corrected chi connectivity index (χ0v) is 19.1. The van der Waals surface area contributed by atoms with Gasteiger partial charge in [0.1, 0.15) is 5.75 Å². The van der Waals surface area contributed by atoms with E-state index in [0.717, 1.165) is 24.3 Å². The first kappa shape index (κ1) is 24.1. The first-order valence-electron chi connectivity index (χ1n) is 9.95. The van der Waals surface area contributed by atoms with Gasteiger partial charge in [0.2, 0.25) is 5.88 Å². The largest absolute Gasteiger partial charge is 0.497 e. The number of hydrogen-bond donors (Lipinski definition) is 3. The van der Waals surface area contributed by atoms with E-state index in [0.29, 0.717) is 11.3 Å². The topological polar surface area (TPSA) is 202 Å². The Balaban J connectivity index is 1.68. The number of aromatic amines is 1. The molecule has 0 fully saturated rings. The summed E-state index contributed by atoms with van der Waals surface area (Å²) in [7, 11) is -2.73. The number of H-pyrrole nitrogens is 1. The van der Waals surface area contributed by atoms with Gasteiger partial charge in [0.25, 0.3) is 21.4 Å². The second-order valence-corrected chi connectivity index (χ2v) is 8.93. The Morgan fingerprint density at radius 1 is 0.972 bits per heavy atom. The van der Waals surface area contributed by atoms with E-state index in [4.69, 9.17) is 4.74 Å². The molecule has 0 aliphatic carbocycles. The minimum absolute atomic E-state index is 0.163. The summed E-state index contributed by atoms with van der Waals surface area (Å²) < 4.78 is 32.8. The van der Waals surface area contributed by atoms with Crippen LogP contribution in [0, 0.1) is 20.2 Å². The lowest BCUT2D eigenvalue weighted by Crippen LogP contribution is -2.13. The highest BCUT2D eigenvalue weighted by molar-refractivity contribution is 7.92. The fourth-order valence-electron chi connectivity index (χ4n) is 3.24. The van der Waals surface area contributed by atoms with Crippen molar-refractivity contribution >= 4 is 49.4 Å². The van der Waals surface area contributed by atoms with Crippen LogP contribution < -0.4 is 9.46 Å². The van der Waals surface area contributed by atoms with Crippen LogP contribution >= 0.6 is 0 Å². The molecule has 0 amide bonds. The van der Waals surface area contributed by atoms with Crippen molar-refractivity contribution in [1.29, 1.82) is 0 Å². The van der Waals surface area contributed by atoms with E-state index < -0.39 is 36.3 Å². The maximum atomic E-state index is 12.8. The first-order valence-corrected chi connectivity index (χ1v) is 11.4. The Labute approximate surface area is 202 Å². The molecule has 184 valence electrons. The number of fused-ring (bicyclic) bond motifs is 1. The highest BCUT2D eigenvalue weighted by Crippen LogP contribution is 2.39. The van der Waals surface area contributed by atoms with Gasteiger partial charge in [0.05, 0.1) is 27.4 Å². The molecule has 4 rings (SSSR count).